The molecule has 0 bridgehead atoms. The van der Waals surface area contributed by atoms with E-state index in [0.29, 0.717) is 15.0 Å². The molecule has 1 aliphatic heterocycles. The molecule has 4 nitrogen and oxygen atoms in total. The van der Waals surface area contributed by atoms with Crippen LogP contribution in [0.1, 0.15) is 5.56 Å². The van der Waals surface area contributed by atoms with Crippen molar-refractivity contribution in [3.63, 3.8) is 0 Å². The van der Waals surface area contributed by atoms with E-state index < -0.39 is 0 Å². The van der Waals surface area contributed by atoms with Gasteiger partial charge in [0.2, 0.25) is 0 Å². The topological polar surface area (TPSA) is 58.6 Å². The van der Waals surface area contributed by atoms with Crippen molar-refractivity contribution >= 4 is 40.3 Å². The van der Waals surface area contributed by atoms with Crippen LogP contribution >= 0.6 is 24.0 Å². The molecular formula is C12H11NO3S2. The summed E-state index contributed by atoms with van der Waals surface area (Å²) in [6.45, 7) is 0.257. The van der Waals surface area contributed by atoms with Crippen LogP contribution in [-0.4, -0.2) is 28.5 Å². The minimum Gasteiger partial charge on any atom is -0.491 e. The average Bonchev–Trinajstić information content (AvgIpc) is 2.67. The molecule has 0 spiro atoms. The second kappa shape index (κ2) is 5.99. The van der Waals surface area contributed by atoms with Gasteiger partial charge in [0.25, 0.3) is 5.91 Å². The molecule has 1 heterocycles. The second-order valence-electron chi connectivity index (χ2n) is 3.49. The van der Waals surface area contributed by atoms with Crippen LogP contribution in [0.5, 0.6) is 5.75 Å². The van der Waals surface area contributed by atoms with Crippen molar-refractivity contribution < 1.29 is 14.6 Å². The lowest BCUT2D eigenvalue weighted by Gasteiger charge is -2.03. The molecule has 1 aromatic carbocycles. The number of amides is 1. The summed E-state index contributed by atoms with van der Waals surface area (Å²) >= 11 is 6.16. The lowest BCUT2D eigenvalue weighted by atomic mass is 10.2. The van der Waals surface area contributed by atoms with Gasteiger partial charge in [-0.3, -0.25) is 4.79 Å². The first-order valence-corrected chi connectivity index (χ1v) is 6.50. The largest absolute Gasteiger partial charge is 0.491 e. The van der Waals surface area contributed by atoms with Crippen LogP contribution in [0, 0.1) is 0 Å². The van der Waals surface area contributed by atoms with Crippen LogP contribution in [0.15, 0.2) is 29.2 Å². The number of thiocarbonyl (C=S) groups is 1. The van der Waals surface area contributed by atoms with Crippen molar-refractivity contribution in [1.29, 1.82) is 0 Å². The number of hydrogen-bond donors (Lipinski definition) is 2. The van der Waals surface area contributed by atoms with E-state index in [-0.39, 0.29) is 19.1 Å². The van der Waals surface area contributed by atoms with Gasteiger partial charge in [0.15, 0.2) is 0 Å². The highest BCUT2D eigenvalue weighted by atomic mass is 32.2. The summed E-state index contributed by atoms with van der Waals surface area (Å²) < 4.78 is 5.72. The Bertz CT molecular complexity index is 497. The molecule has 2 rings (SSSR count). The summed E-state index contributed by atoms with van der Waals surface area (Å²) in [5.74, 6) is 0.524. The van der Waals surface area contributed by atoms with Gasteiger partial charge in [-0.15, -0.1) is 0 Å². The normalized spacial score (nSPS) is 17.1. The van der Waals surface area contributed by atoms with E-state index in [4.69, 9.17) is 22.1 Å². The molecule has 0 saturated carbocycles. The molecular weight excluding hydrogens is 270 g/mol. The Morgan fingerprint density at radius 1 is 1.39 bits per heavy atom. The number of rotatable bonds is 4. The highest BCUT2D eigenvalue weighted by Crippen LogP contribution is 2.26. The Labute approximate surface area is 114 Å². The van der Waals surface area contributed by atoms with Crippen molar-refractivity contribution in [3.8, 4) is 5.75 Å². The van der Waals surface area contributed by atoms with Crippen LogP contribution in [-0.2, 0) is 4.79 Å². The highest BCUT2D eigenvalue weighted by Gasteiger charge is 2.21. The van der Waals surface area contributed by atoms with Gasteiger partial charge in [-0.05, 0) is 23.8 Å². The lowest BCUT2D eigenvalue weighted by molar-refractivity contribution is -0.115. The van der Waals surface area contributed by atoms with Crippen molar-refractivity contribution in [3.05, 3.63) is 34.7 Å². The lowest BCUT2D eigenvalue weighted by Crippen LogP contribution is -2.17. The number of aliphatic hydroxyl groups is 1. The van der Waals surface area contributed by atoms with Crippen LogP contribution in [0.25, 0.3) is 6.08 Å². The zero-order chi connectivity index (χ0) is 13.0. The smallest absolute Gasteiger partial charge is 0.263 e. The average molecular weight is 281 g/mol. The zero-order valence-corrected chi connectivity index (χ0v) is 11.0. The third-order valence-electron chi connectivity index (χ3n) is 2.18. The Hall–Kier alpha value is -1.37. The summed E-state index contributed by atoms with van der Waals surface area (Å²) in [7, 11) is 0. The van der Waals surface area contributed by atoms with Gasteiger partial charge in [-0.2, -0.15) is 0 Å². The van der Waals surface area contributed by atoms with Crippen molar-refractivity contribution in [2.24, 2.45) is 0 Å². The molecule has 1 aliphatic rings. The van der Waals surface area contributed by atoms with Crippen LogP contribution in [0.2, 0.25) is 0 Å². The summed E-state index contributed by atoms with van der Waals surface area (Å²) in [4.78, 5) is 12.0. The van der Waals surface area contributed by atoms with E-state index >= 15 is 0 Å². The molecule has 1 saturated heterocycles. The fourth-order valence-electron chi connectivity index (χ4n) is 1.40. The molecule has 0 unspecified atom stereocenters. The summed E-state index contributed by atoms with van der Waals surface area (Å²) in [5, 5.41) is 11.2. The van der Waals surface area contributed by atoms with Crippen LogP contribution in [0.4, 0.5) is 0 Å². The number of carbonyl (C=O) groups is 1. The van der Waals surface area contributed by atoms with Gasteiger partial charge in [0.1, 0.15) is 16.7 Å². The van der Waals surface area contributed by atoms with E-state index in [1.807, 2.05) is 12.1 Å². The molecule has 0 atom stereocenters. The minimum atomic E-state index is -0.161. The van der Waals surface area contributed by atoms with Gasteiger partial charge in [-0.1, -0.05) is 36.1 Å². The molecule has 0 aromatic heterocycles. The number of carbonyl (C=O) groups excluding carboxylic acids is 1. The first kappa shape index (κ1) is 13.1. The number of ether oxygens (including phenoxy) is 1. The number of hydrogen-bond acceptors (Lipinski definition) is 5. The number of aliphatic hydroxyl groups excluding tert-OH is 1. The molecule has 1 aromatic rings. The summed E-state index contributed by atoms with van der Waals surface area (Å²) in [6.07, 6.45) is 1.77. The fourth-order valence-corrected chi connectivity index (χ4v) is 2.44. The predicted octanol–water partition coefficient (Wildman–Crippen LogP) is 1.55. The third-order valence-corrected chi connectivity index (χ3v) is 3.34. The standard InChI is InChI=1S/C12H11NO3S2/c14-5-6-16-9-3-1-8(2-4-9)7-10-11(15)13-12(17)18-10/h1-4,7,14H,5-6H2,(H,13,15,17)/b10-7-. The maximum atomic E-state index is 11.5. The molecule has 2 N–H and O–H groups in total. The third kappa shape index (κ3) is 3.32. The van der Waals surface area contributed by atoms with Crippen LogP contribution < -0.4 is 10.1 Å². The van der Waals surface area contributed by atoms with Gasteiger partial charge < -0.3 is 15.2 Å². The summed E-state index contributed by atoms with van der Waals surface area (Å²) in [6, 6.07) is 7.26. The first-order valence-electron chi connectivity index (χ1n) is 5.27. The zero-order valence-electron chi connectivity index (χ0n) is 9.38. The van der Waals surface area contributed by atoms with Gasteiger partial charge >= 0.3 is 0 Å². The summed E-state index contributed by atoms with van der Waals surface area (Å²) in [5.41, 5.74) is 0.897. The number of nitrogens with one attached hydrogen (secondary N) is 1. The fraction of sp³-hybridized carbons (Fsp3) is 0.167. The van der Waals surface area contributed by atoms with E-state index in [1.54, 1.807) is 18.2 Å². The van der Waals surface area contributed by atoms with E-state index in [2.05, 4.69) is 5.32 Å². The van der Waals surface area contributed by atoms with Gasteiger partial charge in [0, 0.05) is 0 Å². The van der Waals surface area contributed by atoms with E-state index in [0.717, 1.165) is 5.56 Å². The number of benzene rings is 1. The Morgan fingerprint density at radius 3 is 2.67 bits per heavy atom. The molecule has 6 heteroatoms. The SMILES string of the molecule is O=C1NC(=S)S/C1=C\c1ccc(OCCO)cc1. The maximum absolute atomic E-state index is 11.5. The Kier molecular flexibility index (Phi) is 4.35. The van der Waals surface area contributed by atoms with Crippen molar-refractivity contribution in [2.45, 2.75) is 0 Å². The van der Waals surface area contributed by atoms with Crippen molar-refractivity contribution in [2.75, 3.05) is 13.2 Å². The second-order valence-corrected chi connectivity index (χ2v) is 5.21. The van der Waals surface area contributed by atoms with E-state index in [1.165, 1.54) is 11.8 Å². The Balaban J connectivity index is 2.08. The molecule has 1 amide bonds. The van der Waals surface area contributed by atoms with Gasteiger partial charge in [0.05, 0.1) is 11.5 Å². The highest BCUT2D eigenvalue weighted by molar-refractivity contribution is 8.26. The number of thioether (sulfide) groups is 1. The van der Waals surface area contributed by atoms with E-state index in [9.17, 15) is 4.79 Å². The monoisotopic (exact) mass is 281 g/mol. The minimum absolute atomic E-state index is 0.0138. The first-order chi connectivity index (χ1) is 8.69. The molecule has 0 radical (unpaired) electrons. The van der Waals surface area contributed by atoms with Crippen LogP contribution in [0.3, 0.4) is 0 Å². The van der Waals surface area contributed by atoms with Gasteiger partial charge in [-0.25, -0.2) is 0 Å². The molecule has 1 fully saturated rings. The maximum Gasteiger partial charge on any atom is 0.263 e. The molecule has 18 heavy (non-hydrogen) atoms. The quantitative estimate of drug-likeness (QED) is 0.648. The molecule has 0 aliphatic carbocycles. The Morgan fingerprint density at radius 2 is 2.11 bits per heavy atom. The predicted molar refractivity (Wildman–Crippen MR) is 75.3 cm³/mol. The van der Waals surface area contributed by atoms with Crippen molar-refractivity contribution in [1.82, 2.24) is 5.32 Å². The molecule has 94 valence electrons.